The number of carbonyl (C=O) groups is 1. The second-order valence-corrected chi connectivity index (χ2v) is 6.56. The number of piperidine rings is 1. The molecule has 0 spiro atoms. The van der Waals surface area contributed by atoms with Gasteiger partial charge in [0.05, 0.1) is 11.4 Å². The Labute approximate surface area is 155 Å². The van der Waals surface area contributed by atoms with Gasteiger partial charge in [-0.25, -0.2) is 8.78 Å². The van der Waals surface area contributed by atoms with Gasteiger partial charge in [-0.3, -0.25) is 4.79 Å². The summed E-state index contributed by atoms with van der Waals surface area (Å²) in [5.41, 5.74) is 1.49. The van der Waals surface area contributed by atoms with E-state index in [-0.39, 0.29) is 5.75 Å². The summed E-state index contributed by atoms with van der Waals surface area (Å²) in [7, 11) is 0. The maximum Gasteiger partial charge on any atom is 0.262 e. The first-order chi connectivity index (χ1) is 12.5. The van der Waals surface area contributed by atoms with E-state index in [2.05, 4.69) is 10.2 Å². The molecule has 1 aliphatic rings. The van der Waals surface area contributed by atoms with Crippen LogP contribution in [0.4, 0.5) is 20.2 Å². The molecular formula is C19H19ClF2N2O2. The summed E-state index contributed by atoms with van der Waals surface area (Å²) in [5.74, 6) is -2.18. The minimum absolute atomic E-state index is 0.177. The fourth-order valence-corrected chi connectivity index (χ4v) is 3.11. The highest BCUT2D eigenvalue weighted by Crippen LogP contribution is 2.31. The standard InChI is InChI=1S/C19H19ClF2N2O2/c20-13-4-6-17(24-8-2-1-3-9-24)16(10-13)23-19(25)12-26-18-7-5-14(21)11-15(18)22/h4-7,10-11H,1-3,8-9,12H2,(H,23,25). The van der Waals surface area contributed by atoms with Gasteiger partial charge in [-0.2, -0.15) is 0 Å². The molecule has 2 aromatic carbocycles. The fourth-order valence-electron chi connectivity index (χ4n) is 2.94. The van der Waals surface area contributed by atoms with Crippen molar-refractivity contribution in [2.45, 2.75) is 19.3 Å². The molecular weight excluding hydrogens is 362 g/mol. The molecule has 1 amide bonds. The normalized spacial score (nSPS) is 14.2. The molecule has 0 aliphatic carbocycles. The molecule has 0 atom stereocenters. The third kappa shape index (κ3) is 4.64. The van der Waals surface area contributed by atoms with Crippen molar-refractivity contribution in [2.24, 2.45) is 0 Å². The molecule has 26 heavy (non-hydrogen) atoms. The Morgan fingerprint density at radius 2 is 1.88 bits per heavy atom. The number of anilines is 2. The van der Waals surface area contributed by atoms with Crippen LogP contribution in [-0.2, 0) is 4.79 Å². The lowest BCUT2D eigenvalue weighted by molar-refractivity contribution is -0.118. The molecule has 138 valence electrons. The van der Waals surface area contributed by atoms with Crippen molar-refractivity contribution in [1.29, 1.82) is 0 Å². The second-order valence-electron chi connectivity index (χ2n) is 6.12. The van der Waals surface area contributed by atoms with E-state index in [9.17, 15) is 13.6 Å². The topological polar surface area (TPSA) is 41.6 Å². The smallest absolute Gasteiger partial charge is 0.262 e. The van der Waals surface area contributed by atoms with Crippen molar-refractivity contribution in [3.05, 3.63) is 53.1 Å². The van der Waals surface area contributed by atoms with E-state index in [1.807, 2.05) is 6.07 Å². The molecule has 0 bridgehead atoms. The van der Waals surface area contributed by atoms with Gasteiger partial charge in [0.25, 0.3) is 5.91 Å². The monoisotopic (exact) mass is 380 g/mol. The largest absolute Gasteiger partial charge is 0.481 e. The predicted molar refractivity (Wildman–Crippen MR) is 98.0 cm³/mol. The van der Waals surface area contributed by atoms with Crippen molar-refractivity contribution in [3.8, 4) is 5.75 Å². The number of benzene rings is 2. The van der Waals surface area contributed by atoms with Gasteiger partial charge < -0.3 is 15.0 Å². The molecule has 0 saturated carbocycles. The van der Waals surface area contributed by atoms with E-state index in [1.54, 1.807) is 12.1 Å². The van der Waals surface area contributed by atoms with Crippen LogP contribution in [-0.4, -0.2) is 25.6 Å². The third-order valence-electron chi connectivity index (χ3n) is 4.18. The summed E-state index contributed by atoms with van der Waals surface area (Å²) < 4.78 is 31.6. The van der Waals surface area contributed by atoms with E-state index in [4.69, 9.17) is 16.3 Å². The zero-order valence-corrected chi connectivity index (χ0v) is 14.9. The predicted octanol–water partition coefficient (Wildman–Crippen LogP) is 4.63. The number of carbonyl (C=O) groups excluding carboxylic acids is 1. The quantitative estimate of drug-likeness (QED) is 0.822. The molecule has 4 nitrogen and oxygen atoms in total. The number of halogens is 3. The molecule has 2 aromatic rings. The zero-order valence-electron chi connectivity index (χ0n) is 14.1. The third-order valence-corrected chi connectivity index (χ3v) is 4.42. The van der Waals surface area contributed by atoms with Gasteiger partial charge in [-0.15, -0.1) is 0 Å². The van der Waals surface area contributed by atoms with Crippen molar-refractivity contribution in [1.82, 2.24) is 0 Å². The molecule has 3 rings (SSSR count). The van der Waals surface area contributed by atoms with E-state index < -0.39 is 24.1 Å². The highest BCUT2D eigenvalue weighted by atomic mass is 35.5. The lowest BCUT2D eigenvalue weighted by Crippen LogP contribution is -2.31. The van der Waals surface area contributed by atoms with Crippen LogP contribution in [0.25, 0.3) is 0 Å². The number of amides is 1. The highest BCUT2D eigenvalue weighted by molar-refractivity contribution is 6.31. The Balaban J connectivity index is 1.67. The van der Waals surface area contributed by atoms with Crippen LogP contribution < -0.4 is 15.0 Å². The average molecular weight is 381 g/mol. The summed E-state index contributed by atoms with van der Waals surface area (Å²) in [5, 5.41) is 3.27. The van der Waals surface area contributed by atoms with Gasteiger partial charge in [0.2, 0.25) is 0 Å². The first-order valence-corrected chi connectivity index (χ1v) is 8.83. The summed E-state index contributed by atoms with van der Waals surface area (Å²) >= 11 is 6.06. The Kier molecular flexibility index (Phi) is 5.93. The van der Waals surface area contributed by atoms with Crippen LogP contribution in [0.15, 0.2) is 36.4 Å². The number of rotatable bonds is 5. The van der Waals surface area contributed by atoms with Crippen LogP contribution >= 0.6 is 11.6 Å². The summed E-state index contributed by atoms with van der Waals surface area (Å²) in [6.07, 6.45) is 3.40. The highest BCUT2D eigenvalue weighted by Gasteiger charge is 2.17. The number of nitrogens with one attached hydrogen (secondary N) is 1. The molecule has 1 saturated heterocycles. The van der Waals surface area contributed by atoms with Crippen LogP contribution in [0.2, 0.25) is 5.02 Å². The van der Waals surface area contributed by atoms with Gasteiger partial charge >= 0.3 is 0 Å². The van der Waals surface area contributed by atoms with Crippen molar-refractivity contribution in [3.63, 3.8) is 0 Å². The van der Waals surface area contributed by atoms with Crippen molar-refractivity contribution >= 4 is 28.9 Å². The molecule has 0 unspecified atom stereocenters. The molecule has 0 aromatic heterocycles. The molecule has 0 radical (unpaired) electrons. The maximum absolute atomic E-state index is 13.6. The molecule has 1 N–H and O–H groups in total. The fraction of sp³-hybridized carbons (Fsp3) is 0.316. The van der Waals surface area contributed by atoms with Crippen molar-refractivity contribution < 1.29 is 18.3 Å². The van der Waals surface area contributed by atoms with Crippen LogP contribution in [0.5, 0.6) is 5.75 Å². The van der Waals surface area contributed by atoms with Crippen molar-refractivity contribution in [2.75, 3.05) is 29.9 Å². The second kappa shape index (κ2) is 8.36. The number of ether oxygens (including phenoxy) is 1. The molecule has 1 aliphatic heterocycles. The number of hydrogen-bond donors (Lipinski definition) is 1. The Morgan fingerprint density at radius 1 is 1.12 bits per heavy atom. The van der Waals surface area contributed by atoms with Gasteiger partial charge in [-0.1, -0.05) is 11.6 Å². The summed E-state index contributed by atoms with van der Waals surface area (Å²) in [4.78, 5) is 14.4. The number of hydrogen-bond acceptors (Lipinski definition) is 3. The first-order valence-electron chi connectivity index (χ1n) is 8.45. The van der Waals surface area contributed by atoms with E-state index in [0.717, 1.165) is 43.8 Å². The molecule has 1 fully saturated rings. The Hall–Kier alpha value is -2.34. The molecule has 1 heterocycles. The SMILES string of the molecule is O=C(COc1ccc(F)cc1F)Nc1cc(Cl)ccc1N1CCCCC1. The minimum Gasteiger partial charge on any atom is -0.481 e. The van der Waals surface area contributed by atoms with Gasteiger partial charge in [0.1, 0.15) is 5.82 Å². The van der Waals surface area contributed by atoms with E-state index >= 15 is 0 Å². The zero-order chi connectivity index (χ0) is 18.5. The van der Waals surface area contributed by atoms with Gasteiger partial charge in [0, 0.05) is 24.2 Å². The van der Waals surface area contributed by atoms with Crippen LogP contribution in [0.3, 0.4) is 0 Å². The minimum atomic E-state index is -0.852. The lowest BCUT2D eigenvalue weighted by Gasteiger charge is -2.30. The van der Waals surface area contributed by atoms with E-state index in [1.165, 1.54) is 6.42 Å². The van der Waals surface area contributed by atoms with Crippen LogP contribution in [0, 0.1) is 11.6 Å². The average Bonchev–Trinajstić information content (AvgIpc) is 2.62. The summed E-state index contributed by atoms with van der Waals surface area (Å²) in [6.45, 7) is 1.44. The van der Waals surface area contributed by atoms with Crippen LogP contribution in [0.1, 0.15) is 19.3 Å². The maximum atomic E-state index is 13.6. The Morgan fingerprint density at radius 3 is 2.62 bits per heavy atom. The lowest BCUT2D eigenvalue weighted by atomic mass is 10.1. The van der Waals surface area contributed by atoms with E-state index in [0.29, 0.717) is 16.8 Å². The number of nitrogens with zero attached hydrogens (tertiary/aromatic N) is 1. The molecule has 7 heteroatoms. The first kappa shape index (κ1) is 18.5. The summed E-state index contributed by atoms with van der Waals surface area (Å²) in [6, 6.07) is 8.27. The Bertz CT molecular complexity index is 795. The van der Waals surface area contributed by atoms with Gasteiger partial charge in [0.15, 0.2) is 18.2 Å². The van der Waals surface area contributed by atoms with Gasteiger partial charge in [-0.05, 0) is 49.6 Å².